The molecular weight excluding hydrogens is 556 g/mol. The molecule has 0 aliphatic carbocycles. The number of hydrogen-bond acceptors (Lipinski definition) is 9. The number of benzene rings is 2. The fraction of sp³-hybridized carbons (Fsp3) is 0.657. The van der Waals surface area contributed by atoms with Gasteiger partial charge in [-0.05, 0) is 98.1 Å². The Morgan fingerprint density at radius 2 is 1.32 bits per heavy atom. The van der Waals surface area contributed by atoms with Gasteiger partial charge < -0.3 is 29.0 Å². The van der Waals surface area contributed by atoms with Crippen LogP contribution in [0.15, 0.2) is 24.3 Å². The summed E-state index contributed by atoms with van der Waals surface area (Å²) in [6, 6.07) is 9.42. The molecule has 0 radical (unpaired) electrons. The first-order valence-corrected chi connectivity index (χ1v) is 16.5. The number of piperidine rings is 1. The van der Waals surface area contributed by atoms with Gasteiger partial charge in [-0.3, -0.25) is 14.7 Å². The van der Waals surface area contributed by atoms with Crippen molar-refractivity contribution in [3.05, 3.63) is 46.5 Å². The minimum Gasteiger partial charge on any atom is -0.493 e. The largest absolute Gasteiger partial charge is 0.493 e. The molecule has 6 rings (SSSR count). The molecule has 1 N–H and O–H groups in total. The summed E-state index contributed by atoms with van der Waals surface area (Å²) in [6.07, 6.45) is 5.00. The third kappa shape index (κ3) is 6.53. The van der Waals surface area contributed by atoms with E-state index < -0.39 is 0 Å². The number of piperazine rings is 1. The van der Waals surface area contributed by atoms with Crippen molar-refractivity contribution in [3.8, 4) is 23.0 Å². The number of nitrogens with zero attached hydrogens (tertiary/aromatic N) is 4. The Morgan fingerprint density at radius 1 is 0.727 bits per heavy atom. The summed E-state index contributed by atoms with van der Waals surface area (Å²) in [5, 5.41) is 11.4. The van der Waals surface area contributed by atoms with Crippen molar-refractivity contribution in [3.63, 3.8) is 0 Å². The van der Waals surface area contributed by atoms with E-state index in [0.29, 0.717) is 18.5 Å². The zero-order valence-electron chi connectivity index (χ0n) is 27.4. The van der Waals surface area contributed by atoms with Crippen LogP contribution in [0.3, 0.4) is 0 Å². The first-order chi connectivity index (χ1) is 21.4. The summed E-state index contributed by atoms with van der Waals surface area (Å²) in [5.74, 6) is 3.79. The maximum absolute atomic E-state index is 11.4. The number of likely N-dealkylation sites (N-methyl/N-ethyl adjacent to an activating group) is 1. The SMILES string of the molecule is COc1cc2c(cc1OC)C1CC(CC3c4cc(OC)c(OC)cc4CCN3CC(O)CN3CCN(C)CC3)CCN1CC2. The van der Waals surface area contributed by atoms with Crippen LogP contribution in [-0.2, 0) is 12.8 Å². The number of rotatable bonds is 10. The average molecular weight is 609 g/mol. The maximum Gasteiger partial charge on any atom is 0.161 e. The number of β-amino-alcohol motifs (C(OH)–C–C–N with tert-alkyl or cyclic N) is 1. The van der Waals surface area contributed by atoms with E-state index >= 15 is 0 Å². The Labute approximate surface area is 263 Å². The Morgan fingerprint density at radius 3 is 1.98 bits per heavy atom. The maximum atomic E-state index is 11.4. The monoisotopic (exact) mass is 608 g/mol. The summed E-state index contributed by atoms with van der Waals surface area (Å²) < 4.78 is 22.8. The van der Waals surface area contributed by atoms with Crippen molar-refractivity contribution in [1.82, 2.24) is 19.6 Å². The standard InChI is InChI=1S/C35H52N4O5/c1-36-12-14-37(15-13-36)22-27(40)23-39-11-8-26-19-33(42-3)35(44-5)21-29(26)31(39)17-24-6-9-38-10-7-25-18-32(41-2)34(43-4)20-28(25)30(38)16-24/h18-21,24,27,30-31,40H,6-17,22-23H2,1-5H3. The van der Waals surface area contributed by atoms with Crippen molar-refractivity contribution in [2.45, 2.75) is 50.3 Å². The second kappa shape index (κ2) is 13.8. The van der Waals surface area contributed by atoms with Crippen LogP contribution in [-0.4, -0.2) is 125 Å². The Bertz CT molecular complexity index is 1280. The van der Waals surface area contributed by atoms with E-state index in [9.17, 15) is 5.11 Å². The lowest BCUT2D eigenvalue weighted by molar-refractivity contribution is 0.0286. The van der Waals surface area contributed by atoms with Gasteiger partial charge >= 0.3 is 0 Å². The van der Waals surface area contributed by atoms with Gasteiger partial charge in [-0.25, -0.2) is 0 Å². The molecule has 4 atom stereocenters. The first-order valence-electron chi connectivity index (χ1n) is 16.5. The molecule has 2 aromatic rings. The summed E-state index contributed by atoms with van der Waals surface area (Å²) in [7, 11) is 9.06. The van der Waals surface area contributed by atoms with Crippen LogP contribution < -0.4 is 18.9 Å². The second-order valence-corrected chi connectivity index (χ2v) is 13.3. The molecule has 4 unspecified atom stereocenters. The molecule has 0 spiro atoms. The van der Waals surface area contributed by atoms with Gasteiger partial charge in [0.15, 0.2) is 23.0 Å². The number of aliphatic hydroxyl groups excluding tert-OH is 1. The molecule has 242 valence electrons. The number of methoxy groups -OCH3 is 4. The number of hydrogen-bond donors (Lipinski definition) is 1. The predicted molar refractivity (Wildman–Crippen MR) is 172 cm³/mol. The molecule has 2 aromatic carbocycles. The normalized spacial score (nSPS) is 25.5. The van der Waals surface area contributed by atoms with Crippen LogP contribution in [0.25, 0.3) is 0 Å². The van der Waals surface area contributed by atoms with Crippen LogP contribution >= 0.6 is 0 Å². The summed E-state index contributed by atoms with van der Waals surface area (Å²) >= 11 is 0. The van der Waals surface area contributed by atoms with Crippen LogP contribution in [0.2, 0.25) is 0 Å². The quantitative estimate of drug-likeness (QED) is 0.436. The topological polar surface area (TPSA) is 70.1 Å². The zero-order chi connectivity index (χ0) is 30.8. The van der Waals surface area contributed by atoms with E-state index in [-0.39, 0.29) is 12.1 Å². The number of ether oxygens (including phenoxy) is 4. The highest BCUT2D eigenvalue weighted by atomic mass is 16.5. The van der Waals surface area contributed by atoms with Crippen molar-refractivity contribution in [2.24, 2.45) is 5.92 Å². The highest BCUT2D eigenvalue weighted by Gasteiger charge is 2.38. The van der Waals surface area contributed by atoms with Gasteiger partial charge in [-0.15, -0.1) is 0 Å². The lowest BCUT2D eigenvalue weighted by atomic mass is 9.77. The highest BCUT2D eigenvalue weighted by Crippen LogP contribution is 2.47. The van der Waals surface area contributed by atoms with Gasteiger partial charge in [0.25, 0.3) is 0 Å². The fourth-order valence-corrected chi connectivity index (χ4v) is 8.17. The molecule has 0 bridgehead atoms. The van der Waals surface area contributed by atoms with Gasteiger partial charge in [0.1, 0.15) is 0 Å². The third-order valence-electron chi connectivity index (χ3n) is 10.7. The first kappa shape index (κ1) is 31.4. The Balaban J connectivity index is 1.24. The molecule has 4 aliphatic rings. The van der Waals surface area contributed by atoms with Crippen LogP contribution in [0.1, 0.15) is 53.6 Å². The number of fused-ring (bicyclic) bond motifs is 4. The van der Waals surface area contributed by atoms with Gasteiger partial charge in [0, 0.05) is 64.4 Å². The molecule has 4 heterocycles. The number of aliphatic hydroxyl groups is 1. The van der Waals surface area contributed by atoms with Crippen molar-refractivity contribution in [2.75, 3.05) is 94.4 Å². The van der Waals surface area contributed by atoms with Gasteiger partial charge in [-0.2, -0.15) is 0 Å². The zero-order valence-corrected chi connectivity index (χ0v) is 27.4. The molecule has 0 aromatic heterocycles. The molecule has 9 nitrogen and oxygen atoms in total. The molecule has 2 fully saturated rings. The van der Waals surface area contributed by atoms with E-state index in [1.165, 1.54) is 28.7 Å². The molecule has 4 aliphatic heterocycles. The van der Waals surface area contributed by atoms with Gasteiger partial charge in [0.05, 0.1) is 34.5 Å². The molecule has 0 saturated carbocycles. The summed E-state index contributed by atoms with van der Waals surface area (Å²) in [4.78, 5) is 10.0. The molecular formula is C35H52N4O5. The van der Waals surface area contributed by atoms with Crippen LogP contribution in [0.5, 0.6) is 23.0 Å². The minimum absolute atomic E-state index is 0.228. The van der Waals surface area contributed by atoms with Gasteiger partial charge in [-0.1, -0.05) is 0 Å². The lowest BCUT2D eigenvalue weighted by Gasteiger charge is -2.46. The molecule has 44 heavy (non-hydrogen) atoms. The lowest BCUT2D eigenvalue weighted by Crippen LogP contribution is -2.50. The van der Waals surface area contributed by atoms with E-state index in [0.717, 1.165) is 101 Å². The van der Waals surface area contributed by atoms with E-state index in [4.69, 9.17) is 18.9 Å². The highest BCUT2D eigenvalue weighted by molar-refractivity contribution is 5.51. The van der Waals surface area contributed by atoms with E-state index in [2.05, 4.69) is 50.9 Å². The Kier molecular flexibility index (Phi) is 9.88. The second-order valence-electron chi connectivity index (χ2n) is 13.3. The summed E-state index contributed by atoms with van der Waals surface area (Å²) in [5.41, 5.74) is 5.46. The average Bonchev–Trinajstić information content (AvgIpc) is 3.05. The fourth-order valence-electron chi connectivity index (χ4n) is 8.17. The molecule has 2 saturated heterocycles. The minimum atomic E-state index is -0.378. The molecule has 0 amide bonds. The predicted octanol–water partition coefficient (Wildman–Crippen LogP) is 3.63. The van der Waals surface area contributed by atoms with Crippen molar-refractivity contribution < 1.29 is 24.1 Å². The smallest absolute Gasteiger partial charge is 0.161 e. The van der Waals surface area contributed by atoms with Crippen molar-refractivity contribution in [1.29, 1.82) is 0 Å². The Hall–Kier alpha value is -2.56. The van der Waals surface area contributed by atoms with Crippen LogP contribution in [0, 0.1) is 5.92 Å². The summed E-state index contributed by atoms with van der Waals surface area (Å²) in [6.45, 7) is 8.74. The van der Waals surface area contributed by atoms with Crippen molar-refractivity contribution >= 4 is 0 Å². The third-order valence-corrected chi connectivity index (χ3v) is 10.7. The van der Waals surface area contributed by atoms with E-state index in [1.807, 2.05) is 0 Å². The molecule has 9 heteroatoms. The van der Waals surface area contributed by atoms with E-state index in [1.54, 1.807) is 28.4 Å². The van der Waals surface area contributed by atoms with Gasteiger partial charge in [0.2, 0.25) is 0 Å². The van der Waals surface area contributed by atoms with Crippen LogP contribution in [0.4, 0.5) is 0 Å².